The zero-order valence-electron chi connectivity index (χ0n) is 14.6. The number of carbonyl (C=O) groups excluding carboxylic acids is 1. The summed E-state index contributed by atoms with van der Waals surface area (Å²) in [5.74, 6) is -0.667. The number of nitrogens with zero attached hydrogens (tertiary/aromatic N) is 1. The average Bonchev–Trinajstić information content (AvgIpc) is 2.92. The lowest BCUT2D eigenvalue weighted by atomic mass is 9.97. The van der Waals surface area contributed by atoms with Gasteiger partial charge in [-0.2, -0.15) is 0 Å². The number of rotatable bonds is 3. The summed E-state index contributed by atoms with van der Waals surface area (Å²) in [5.41, 5.74) is 1.08. The van der Waals surface area contributed by atoms with Crippen molar-refractivity contribution in [1.82, 2.24) is 4.90 Å². The van der Waals surface area contributed by atoms with Crippen LogP contribution >= 0.6 is 0 Å². The summed E-state index contributed by atoms with van der Waals surface area (Å²) in [6.45, 7) is 3.85. The maximum atomic E-state index is 12.7. The number of benzene rings is 2. The molecule has 130 valence electrons. The predicted molar refractivity (Wildman–Crippen MR) is 93.7 cm³/mol. The molecule has 2 aromatic rings. The Kier molecular flexibility index (Phi) is 3.69. The number of hydrogen-bond acceptors (Lipinski definition) is 4. The Morgan fingerprint density at radius 2 is 1.96 bits per heavy atom. The molecular weight excluding hydrogens is 318 g/mol. The average molecular weight is 339 g/mol. The molecule has 0 radical (unpaired) electrons. The molecule has 5 heteroatoms. The number of carbonyl (C=O) groups is 1. The molecule has 1 saturated heterocycles. The fourth-order valence-electron chi connectivity index (χ4n) is 3.84. The number of fused-ring (bicyclic) bond motifs is 2. The van der Waals surface area contributed by atoms with Crippen molar-refractivity contribution in [3.05, 3.63) is 59.9 Å². The highest BCUT2D eigenvalue weighted by Crippen LogP contribution is 2.43. The number of ether oxygens (including phenoxy) is 3. The molecule has 25 heavy (non-hydrogen) atoms. The molecule has 0 N–H and O–H groups in total. The lowest BCUT2D eigenvalue weighted by molar-refractivity contribution is -0.331. The number of allylic oxidation sites excluding steroid dienone is 1. The largest absolute Gasteiger partial charge is 0.433 e. The minimum absolute atomic E-state index is 0.170. The third-order valence-electron chi connectivity index (χ3n) is 5.09. The second-order valence-electron chi connectivity index (χ2n) is 6.50. The molecule has 0 saturated carbocycles. The first-order valence-electron chi connectivity index (χ1n) is 8.45. The van der Waals surface area contributed by atoms with Crippen LogP contribution in [0.1, 0.15) is 31.9 Å². The highest BCUT2D eigenvalue weighted by Gasteiger charge is 2.60. The van der Waals surface area contributed by atoms with Crippen LogP contribution in [0.2, 0.25) is 0 Å². The molecule has 3 unspecified atom stereocenters. The van der Waals surface area contributed by atoms with Crippen LogP contribution in [0, 0.1) is 0 Å². The van der Waals surface area contributed by atoms with Gasteiger partial charge in [0.15, 0.2) is 0 Å². The highest BCUT2D eigenvalue weighted by atomic mass is 16.9. The van der Waals surface area contributed by atoms with Gasteiger partial charge in [-0.1, -0.05) is 42.5 Å². The number of amides is 1. The van der Waals surface area contributed by atoms with E-state index in [1.807, 2.05) is 38.1 Å². The summed E-state index contributed by atoms with van der Waals surface area (Å²) in [4.78, 5) is 14.4. The third-order valence-corrected chi connectivity index (χ3v) is 5.09. The van der Waals surface area contributed by atoms with E-state index in [4.69, 9.17) is 14.2 Å². The monoisotopic (exact) mass is 339 g/mol. The lowest BCUT2D eigenvalue weighted by Crippen LogP contribution is -2.50. The van der Waals surface area contributed by atoms with Crippen LogP contribution in [-0.4, -0.2) is 30.1 Å². The Morgan fingerprint density at radius 3 is 2.76 bits per heavy atom. The smallest absolute Gasteiger partial charge is 0.416 e. The van der Waals surface area contributed by atoms with E-state index in [1.54, 1.807) is 4.90 Å². The normalized spacial score (nSPS) is 26.7. The van der Waals surface area contributed by atoms with E-state index in [1.165, 1.54) is 7.11 Å². The minimum Gasteiger partial charge on any atom is -0.433 e. The van der Waals surface area contributed by atoms with Gasteiger partial charge in [0.2, 0.25) is 0 Å². The Morgan fingerprint density at radius 1 is 1.20 bits per heavy atom. The molecule has 1 amide bonds. The summed E-state index contributed by atoms with van der Waals surface area (Å²) in [6, 6.07) is 13.8. The van der Waals surface area contributed by atoms with Crippen molar-refractivity contribution in [2.75, 3.05) is 7.11 Å². The molecule has 0 aliphatic carbocycles. The zero-order chi connectivity index (χ0) is 17.6. The van der Waals surface area contributed by atoms with Crippen molar-refractivity contribution in [3.63, 3.8) is 0 Å². The molecule has 2 heterocycles. The standard InChI is InChI=1S/C20H21NO4/c1-13-11-12-18-20(23-3,24-13)25-19(22)21(18)14(2)16-10-6-8-15-7-4-5-9-17(15)16/h4-11,14,18H,12H2,1-3H3. The summed E-state index contributed by atoms with van der Waals surface area (Å²) in [6.07, 6.45) is 2.17. The maximum Gasteiger partial charge on any atom is 0.416 e. The van der Waals surface area contributed by atoms with Crippen molar-refractivity contribution < 1.29 is 19.0 Å². The number of hydrogen-bond donors (Lipinski definition) is 0. The van der Waals surface area contributed by atoms with Crippen LogP contribution in [0.25, 0.3) is 10.8 Å². The van der Waals surface area contributed by atoms with Crippen LogP contribution in [0.5, 0.6) is 0 Å². The predicted octanol–water partition coefficient (Wildman–Crippen LogP) is 4.35. The molecule has 0 bridgehead atoms. The van der Waals surface area contributed by atoms with Gasteiger partial charge in [0.05, 0.1) is 11.8 Å². The van der Waals surface area contributed by atoms with Gasteiger partial charge in [-0.15, -0.1) is 0 Å². The molecule has 2 aliphatic rings. The fraction of sp³-hybridized carbons (Fsp3) is 0.350. The van der Waals surface area contributed by atoms with E-state index < -0.39 is 12.1 Å². The van der Waals surface area contributed by atoms with E-state index in [0.717, 1.165) is 16.3 Å². The SMILES string of the molecule is COC12OC(=O)N(C(C)c3cccc4ccccc34)C1CC=C(C)O2. The van der Waals surface area contributed by atoms with E-state index in [-0.39, 0.29) is 12.1 Å². The first-order chi connectivity index (χ1) is 12.1. The van der Waals surface area contributed by atoms with E-state index in [9.17, 15) is 4.79 Å². The molecule has 0 spiro atoms. The van der Waals surface area contributed by atoms with Crippen LogP contribution in [0.3, 0.4) is 0 Å². The molecule has 1 fully saturated rings. The maximum absolute atomic E-state index is 12.7. The summed E-state index contributed by atoms with van der Waals surface area (Å²) >= 11 is 0. The first-order valence-corrected chi connectivity index (χ1v) is 8.45. The Labute approximate surface area is 146 Å². The van der Waals surface area contributed by atoms with Gasteiger partial charge < -0.3 is 14.2 Å². The first kappa shape index (κ1) is 16.0. The molecule has 5 nitrogen and oxygen atoms in total. The van der Waals surface area contributed by atoms with Gasteiger partial charge in [-0.3, -0.25) is 4.90 Å². The van der Waals surface area contributed by atoms with Crippen LogP contribution < -0.4 is 0 Å². The summed E-state index contributed by atoms with van der Waals surface area (Å²) in [5, 5.41) is 2.27. The van der Waals surface area contributed by atoms with E-state index in [0.29, 0.717) is 12.2 Å². The van der Waals surface area contributed by atoms with Crippen LogP contribution in [-0.2, 0) is 14.2 Å². The lowest BCUT2D eigenvalue weighted by Gasteiger charge is -2.37. The van der Waals surface area contributed by atoms with Gasteiger partial charge >= 0.3 is 12.1 Å². The molecule has 2 aliphatic heterocycles. The Bertz CT molecular complexity index is 856. The topological polar surface area (TPSA) is 48.0 Å². The van der Waals surface area contributed by atoms with E-state index >= 15 is 0 Å². The van der Waals surface area contributed by atoms with Gasteiger partial charge in [0.1, 0.15) is 6.04 Å². The molecule has 4 rings (SSSR count). The van der Waals surface area contributed by atoms with Gasteiger partial charge in [0.25, 0.3) is 0 Å². The van der Waals surface area contributed by atoms with Crippen molar-refractivity contribution in [2.24, 2.45) is 0 Å². The van der Waals surface area contributed by atoms with Crippen molar-refractivity contribution in [1.29, 1.82) is 0 Å². The zero-order valence-corrected chi connectivity index (χ0v) is 14.6. The van der Waals surface area contributed by atoms with Crippen molar-refractivity contribution >= 4 is 16.9 Å². The van der Waals surface area contributed by atoms with E-state index in [2.05, 4.69) is 24.3 Å². The van der Waals surface area contributed by atoms with Gasteiger partial charge in [0, 0.05) is 7.11 Å². The quantitative estimate of drug-likeness (QED) is 0.834. The van der Waals surface area contributed by atoms with Crippen molar-refractivity contribution in [3.8, 4) is 0 Å². The molecular formula is C20H21NO4. The summed E-state index contributed by atoms with van der Waals surface area (Å²) in [7, 11) is 1.50. The third kappa shape index (κ3) is 2.38. The second kappa shape index (κ2) is 5.77. The van der Waals surface area contributed by atoms with Crippen LogP contribution in [0.4, 0.5) is 4.79 Å². The number of methoxy groups -OCH3 is 1. The molecule has 0 aromatic heterocycles. The second-order valence-corrected chi connectivity index (χ2v) is 6.50. The van der Waals surface area contributed by atoms with Gasteiger partial charge in [-0.25, -0.2) is 4.79 Å². The minimum atomic E-state index is -1.37. The fourth-order valence-corrected chi connectivity index (χ4v) is 3.84. The van der Waals surface area contributed by atoms with Crippen molar-refractivity contribution in [2.45, 2.75) is 38.3 Å². The molecule has 3 atom stereocenters. The Hall–Kier alpha value is -2.53. The molecule has 2 aromatic carbocycles. The summed E-state index contributed by atoms with van der Waals surface area (Å²) < 4.78 is 16.8. The van der Waals surface area contributed by atoms with Gasteiger partial charge in [-0.05, 0) is 42.7 Å². The Balaban J connectivity index is 1.77. The highest BCUT2D eigenvalue weighted by molar-refractivity contribution is 5.86. The van der Waals surface area contributed by atoms with Crippen LogP contribution in [0.15, 0.2) is 54.3 Å².